The van der Waals surface area contributed by atoms with E-state index in [-0.39, 0.29) is 10.5 Å². The molecule has 2 aromatic carbocycles. The fourth-order valence-electron chi connectivity index (χ4n) is 3.40. The highest BCUT2D eigenvalue weighted by atomic mass is 32.2. The van der Waals surface area contributed by atoms with Gasteiger partial charge in [0, 0.05) is 0 Å². The fourth-order valence-corrected chi connectivity index (χ4v) is 4.53. The summed E-state index contributed by atoms with van der Waals surface area (Å²) in [4.78, 5) is 24.2. The molecule has 0 bridgehead atoms. The topological polar surface area (TPSA) is 137 Å². The first kappa shape index (κ1) is 25.6. The lowest BCUT2D eigenvalue weighted by Crippen LogP contribution is -2.43. The zero-order valence-corrected chi connectivity index (χ0v) is 19.5. The molecule has 3 rings (SSSR count). The van der Waals surface area contributed by atoms with Gasteiger partial charge in [0.05, 0.1) is 23.0 Å². The van der Waals surface area contributed by atoms with Crippen molar-refractivity contribution in [3.05, 3.63) is 72.3 Å². The first-order chi connectivity index (χ1) is 16.3. The van der Waals surface area contributed by atoms with Crippen LogP contribution in [0.3, 0.4) is 0 Å². The Hall–Kier alpha value is -3.05. The predicted molar refractivity (Wildman–Crippen MR) is 126 cm³/mol. The van der Waals surface area contributed by atoms with E-state index in [1.165, 1.54) is 30.7 Å². The third-order valence-corrected chi connectivity index (χ3v) is 6.69. The Morgan fingerprint density at radius 1 is 1.12 bits per heavy atom. The Morgan fingerprint density at radius 3 is 2.53 bits per heavy atom. The SMILES string of the molecule is N[C@H](CC(=O)OC(=O)c1ccc(OCC=CCC2CCNC2)cc1)NS(=O)(=O)c1ccccc1. The van der Waals surface area contributed by atoms with E-state index in [1.807, 2.05) is 6.08 Å². The van der Waals surface area contributed by atoms with Crippen LogP contribution in [-0.2, 0) is 19.6 Å². The van der Waals surface area contributed by atoms with Crippen LogP contribution in [0.4, 0.5) is 0 Å². The van der Waals surface area contributed by atoms with Crippen LogP contribution >= 0.6 is 0 Å². The van der Waals surface area contributed by atoms with Crippen molar-refractivity contribution in [3.63, 3.8) is 0 Å². The molecule has 1 fully saturated rings. The Labute approximate surface area is 199 Å². The number of ether oxygens (including phenoxy) is 2. The largest absolute Gasteiger partial charge is 0.490 e. The zero-order valence-electron chi connectivity index (χ0n) is 18.7. The van der Waals surface area contributed by atoms with Crippen LogP contribution in [0.1, 0.15) is 29.6 Å². The molecule has 1 unspecified atom stereocenters. The number of sulfonamides is 1. The maximum absolute atomic E-state index is 12.2. The number of rotatable bonds is 11. The van der Waals surface area contributed by atoms with Gasteiger partial charge in [0.25, 0.3) is 0 Å². The Balaban J connectivity index is 1.41. The van der Waals surface area contributed by atoms with E-state index in [2.05, 4.69) is 16.1 Å². The van der Waals surface area contributed by atoms with E-state index in [4.69, 9.17) is 15.2 Å². The molecule has 182 valence electrons. The molecule has 2 aromatic rings. The molecular weight excluding hydrogens is 458 g/mol. The first-order valence-electron chi connectivity index (χ1n) is 11.0. The second kappa shape index (κ2) is 12.4. The molecule has 9 nitrogen and oxygen atoms in total. The number of carbonyl (C=O) groups excluding carboxylic acids is 2. The summed E-state index contributed by atoms with van der Waals surface area (Å²) in [5.74, 6) is -0.550. The number of nitrogens with one attached hydrogen (secondary N) is 2. The number of carbonyl (C=O) groups is 2. The van der Waals surface area contributed by atoms with E-state index in [9.17, 15) is 18.0 Å². The van der Waals surface area contributed by atoms with Gasteiger partial charge in [-0.1, -0.05) is 30.4 Å². The van der Waals surface area contributed by atoms with Crippen LogP contribution < -0.4 is 20.5 Å². The summed E-state index contributed by atoms with van der Waals surface area (Å²) in [5.41, 5.74) is 5.86. The average molecular weight is 488 g/mol. The molecule has 4 N–H and O–H groups in total. The lowest BCUT2D eigenvalue weighted by molar-refractivity contribution is -0.138. The third-order valence-electron chi connectivity index (χ3n) is 5.19. The summed E-state index contributed by atoms with van der Waals surface area (Å²) < 4.78 is 37.1. The van der Waals surface area contributed by atoms with E-state index >= 15 is 0 Å². The maximum Gasteiger partial charge on any atom is 0.345 e. The highest BCUT2D eigenvalue weighted by molar-refractivity contribution is 7.89. The fraction of sp³-hybridized carbons (Fsp3) is 0.333. The number of allylic oxidation sites excluding steroid dienone is 1. The van der Waals surface area contributed by atoms with Gasteiger partial charge in [-0.25, -0.2) is 13.2 Å². The molecule has 0 amide bonds. The molecular formula is C24H29N3O6S. The zero-order chi connectivity index (χ0) is 24.4. The summed E-state index contributed by atoms with van der Waals surface area (Å²) in [5, 5.41) is 3.33. The van der Waals surface area contributed by atoms with Crippen LogP contribution in [0, 0.1) is 5.92 Å². The van der Waals surface area contributed by atoms with Gasteiger partial charge < -0.3 is 20.5 Å². The van der Waals surface area contributed by atoms with E-state index in [1.54, 1.807) is 30.3 Å². The number of benzene rings is 2. The van der Waals surface area contributed by atoms with Crippen molar-refractivity contribution in [2.75, 3.05) is 19.7 Å². The second-order valence-electron chi connectivity index (χ2n) is 7.91. The van der Waals surface area contributed by atoms with Crippen molar-refractivity contribution in [3.8, 4) is 5.75 Å². The molecule has 0 spiro atoms. The summed E-state index contributed by atoms with van der Waals surface area (Å²) in [7, 11) is -3.90. The van der Waals surface area contributed by atoms with E-state index in [0.29, 0.717) is 18.3 Å². The van der Waals surface area contributed by atoms with E-state index < -0.39 is 34.5 Å². The molecule has 1 aliphatic rings. The Kier molecular flexibility index (Phi) is 9.34. The van der Waals surface area contributed by atoms with Gasteiger partial charge in [0.2, 0.25) is 10.0 Å². The number of hydrogen-bond acceptors (Lipinski definition) is 8. The summed E-state index contributed by atoms with van der Waals surface area (Å²) in [6, 6.07) is 13.8. The summed E-state index contributed by atoms with van der Waals surface area (Å²) >= 11 is 0. The molecule has 2 atom stereocenters. The van der Waals surface area contributed by atoms with Crippen LogP contribution in [0.2, 0.25) is 0 Å². The van der Waals surface area contributed by atoms with Gasteiger partial charge in [-0.3, -0.25) is 4.79 Å². The number of esters is 2. The molecule has 10 heteroatoms. The normalized spacial score (nSPS) is 16.9. The molecule has 34 heavy (non-hydrogen) atoms. The quantitative estimate of drug-likeness (QED) is 0.189. The summed E-state index contributed by atoms with van der Waals surface area (Å²) in [6.07, 6.45) is 4.53. The van der Waals surface area contributed by atoms with Crippen LogP contribution in [0.25, 0.3) is 0 Å². The van der Waals surface area contributed by atoms with Crippen molar-refractivity contribution in [2.45, 2.75) is 30.3 Å². The lowest BCUT2D eigenvalue weighted by Gasteiger charge is -2.13. The number of hydrogen-bond donors (Lipinski definition) is 3. The van der Waals surface area contributed by atoms with Crippen molar-refractivity contribution in [2.24, 2.45) is 11.7 Å². The highest BCUT2D eigenvalue weighted by Crippen LogP contribution is 2.15. The average Bonchev–Trinajstić information content (AvgIpc) is 3.33. The van der Waals surface area contributed by atoms with Crippen molar-refractivity contribution in [1.29, 1.82) is 0 Å². The maximum atomic E-state index is 12.2. The molecule has 0 radical (unpaired) electrons. The van der Waals surface area contributed by atoms with Gasteiger partial charge in [-0.05, 0) is 68.2 Å². The molecule has 1 heterocycles. The summed E-state index contributed by atoms with van der Waals surface area (Å²) in [6.45, 7) is 2.55. The van der Waals surface area contributed by atoms with Gasteiger partial charge in [0.1, 0.15) is 12.4 Å². The Morgan fingerprint density at radius 2 is 1.85 bits per heavy atom. The highest BCUT2D eigenvalue weighted by Gasteiger charge is 2.21. The number of nitrogens with two attached hydrogens (primary N) is 1. The van der Waals surface area contributed by atoms with Gasteiger partial charge in [-0.2, -0.15) is 4.72 Å². The van der Waals surface area contributed by atoms with Crippen LogP contribution in [0.5, 0.6) is 5.75 Å². The molecule has 0 aromatic heterocycles. The third kappa shape index (κ3) is 8.07. The Bertz CT molecular complexity index is 1080. The smallest absolute Gasteiger partial charge is 0.345 e. The second-order valence-corrected chi connectivity index (χ2v) is 9.62. The van der Waals surface area contributed by atoms with Crippen molar-refractivity contribution < 1.29 is 27.5 Å². The predicted octanol–water partition coefficient (Wildman–Crippen LogP) is 1.96. The molecule has 1 aliphatic heterocycles. The van der Waals surface area contributed by atoms with Gasteiger partial charge >= 0.3 is 11.9 Å². The van der Waals surface area contributed by atoms with Crippen molar-refractivity contribution >= 4 is 22.0 Å². The van der Waals surface area contributed by atoms with Gasteiger partial charge in [-0.15, -0.1) is 0 Å². The first-order valence-corrected chi connectivity index (χ1v) is 12.5. The standard InChI is InChI=1S/C24H29N3O6S/c25-22(27-34(30,31)21-7-2-1-3-8-21)16-23(28)33-24(29)19-9-11-20(12-10-19)32-15-5-4-6-18-13-14-26-17-18/h1-5,7-12,18,22,26-27H,6,13-17,25H2/t18?,22-/m0/s1. The molecule has 0 saturated carbocycles. The minimum absolute atomic E-state index is 0.0128. The molecule has 1 saturated heterocycles. The minimum atomic E-state index is -3.90. The van der Waals surface area contributed by atoms with Crippen molar-refractivity contribution in [1.82, 2.24) is 10.0 Å². The van der Waals surface area contributed by atoms with Gasteiger partial charge in [0.15, 0.2) is 0 Å². The monoisotopic (exact) mass is 487 g/mol. The van der Waals surface area contributed by atoms with E-state index in [0.717, 1.165) is 19.5 Å². The van der Waals surface area contributed by atoms with Crippen LogP contribution in [0.15, 0.2) is 71.6 Å². The molecule has 0 aliphatic carbocycles. The lowest BCUT2D eigenvalue weighted by atomic mass is 10.1. The minimum Gasteiger partial charge on any atom is -0.490 e. The van der Waals surface area contributed by atoms with Crippen LogP contribution in [-0.4, -0.2) is 46.2 Å².